The lowest BCUT2D eigenvalue weighted by molar-refractivity contribution is 0.0947. The molecule has 2 heteroatoms. The van der Waals surface area contributed by atoms with Gasteiger partial charge in [-0.2, -0.15) is 0 Å². The summed E-state index contributed by atoms with van der Waals surface area (Å²) >= 11 is 0. The summed E-state index contributed by atoms with van der Waals surface area (Å²) in [6.07, 6.45) is 3.94. The Bertz CT molecular complexity index is 346. The summed E-state index contributed by atoms with van der Waals surface area (Å²) in [6, 6.07) is 7.92. The summed E-state index contributed by atoms with van der Waals surface area (Å²) in [5, 5.41) is 0. The molecule has 2 atom stereocenters. The summed E-state index contributed by atoms with van der Waals surface area (Å²) < 4.78 is 14.7. The molecule has 2 rings (SSSR count). The molecule has 0 aliphatic heterocycles. The molecule has 1 aliphatic rings. The van der Waals surface area contributed by atoms with Crippen LogP contribution in [0.3, 0.4) is 0 Å². The maximum atomic E-state index is 14.7. The van der Waals surface area contributed by atoms with Gasteiger partial charge in [0.15, 0.2) is 0 Å². The predicted molar refractivity (Wildman–Crippen MR) is 65.0 cm³/mol. The second-order valence-electron chi connectivity index (χ2n) is 4.87. The molecule has 0 saturated heterocycles. The smallest absolute Gasteiger partial charge is 0.137 e. The fourth-order valence-electron chi connectivity index (χ4n) is 2.57. The molecule has 0 spiro atoms. The number of benzene rings is 1. The number of halogens is 1. The van der Waals surface area contributed by atoms with E-state index in [9.17, 15) is 4.39 Å². The molecule has 1 fully saturated rings. The van der Waals surface area contributed by atoms with E-state index in [1.807, 2.05) is 24.3 Å². The fraction of sp³-hybridized carbons (Fsp3) is 0.571. The third-order valence-corrected chi connectivity index (χ3v) is 3.61. The highest BCUT2D eigenvalue weighted by Gasteiger charge is 2.36. The van der Waals surface area contributed by atoms with Gasteiger partial charge in [0.05, 0.1) is 0 Å². The third-order valence-electron chi connectivity index (χ3n) is 3.61. The number of rotatable bonds is 2. The Balaban J connectivity index is 2.20. The molecule has 0 amide bonds. The lowest BCUT2D eigenvalue weighted by Crippen LogP contribution is -2.36. The summed E-state index contributed by atoms with van der Waals surface area (Å²) in [6.45, 7) is 2.11. The van der Waals surface area contributed by atoms with Crippen LogP contribution in [0.2, 0.25) is 0 Å². The molecule has 88 valence electrons. The van der Waals surface area contributed by atoms with Crippen LogP contribution in [0.4, 0.5) is 4.39 Å². The van der Waals surface area contributed by atoms with Crippen molar-refractivity contribution >= 4 is 0 Å². The van der Waals surface area contributed by atoms with Crippen LogP contribution in [0.1, 0.15) is 43.7 Å². The largest absolute Gasteiger partial charge is 0.328 e. The zero-order valence-electron chi connectivity index (χ0n) is 9.88. The second-order valence-corrected chi connectivity index (χ2v) is 4.87. The van der Waals surface area contributed by atoms with Gasteiger partial charge in [-0.05, 0) is 36.8 Å². The van der Waals surface area contributed by atoms with Gasteiger partial charge in [-0.3, -0.25) is 0 Å². The highest BCUT2D eigenvalue weighted by molar-refractivity contribution is 5.28. The second kappa shape index (κ2) is 4.54. The van der Waals surface area contributed by atoms with E-state index in [-0.39, 0.29) is 6.04 Å². The summed E-state index contributed by atoms with van der Waals surface area (Å²) in [5.74, 6) is 0. The first-order valence-electron chi connectivity index (χ1n) is 6.18. The number of hydrogen-bond acceptors (Lipinski definition) is 1. The van der Waals surface area contributed by atoms with Crippen molar-refractivity contribution in [1.29, 1.82) is 0 Å². The van der Waals surface area contributed by atoms with Crippen molar-refractivity contribution in [2.24, 2.45) is 5.73 Å². The molecule has 16 heavy (non-hydrogen) atoms. The molecule has 1 nitrogen and oxygen atoms in total. The molecule has 0 bridgehead atoms. The molecule has 2 unspecified atom stereocenters. The monoisotopic (exact) mass is 221 g/mol. The van der Waals surface area contributed by atoms with Crippen molar-refractivity contribution in [3.63, 3.8) is 0 Å². The molecule has 0 heterocycles. The van der Waals surface area contributed by atoms with Crippen LogP contribution in [-0.2, 0) is 12.1 Å². The first kappa shape index (κ1) is 11.6. The van der Waals surface area contributed by atoms with Crippen molar-refractivity contribution in [2.45, 2.75) is 50.7 Å². The van der Waals surface area contributed by atoms with E-state index in [1.54, 1.807) is 0 Å². The minimum absolute atomic E-state index is 0.0181. The van der Waals surface area contributed by atoms with Gasteiger partial charge in [0.25, 0.3) is 0 Å². The zero-order valence-corrected chi connectivity index (χ0v) is 9.88. The Morgan fingerprint density at radius 3 is 2.62 bits per heavy atom. The van der Waals surface area contributed by atoms with Crippen LogP contribution in [0.15, 0.2) is 24.3 Å². The highest BCUT2D eigenvalue weighted by Crippen LogP contribution is 2.40. The van der Waals surface area contributed by atoms with Crippen LogP contribution < -0.4 is 5.73 Å². The maximum absolute atomic E-state index is 14.7. The van der Waals surface area contributed by atoms with Gasteiger partial charge in [0, 0.05) is 12.5 Å². The third kappa shape index (κ3) is 2.27. The van der Waals surface area contributed by atoms with Gasteiger partial charge in [-0.25, -0.2) is 4.39 Å². The molecule has 2 N–H and O–H groups in total. The van der Waals surface area contributed by atoms with Gasteiger partial charge in [0.2, 0.25) is 0 Å². The highest BCUT2D eigenvalue weighted by atomic mass is 19.1. The first-order chi connectivity index (χ1) is 7.64. The topological polar surface area (TPSA) is 26.0 Å². The van der Waals surface area contributed by atoms with Crippen LogP contribution in [0.25, 0.3) is 0 Å². The standard InChI is InChI=1S/C14H20FN/c1-2-11-5-7-12(8-6-11)14(15)9-3-4-13(16)10-14/h5-8,13H,2-4,9-10,16H2,1H3. The SMILES string of the molecule is CCc1ccc(C2(F)CCCC(N)C2)cc1. The predicted octanol–water partition coefficient (Wildman–Crippen LogP) is 3.32. The summed E-state index contributed by atoms with van der Waals surface area (Å²) in [5.41, 5.74) is 6.74. The average Bonchev–Trinajstić information content (AvgIpc) is 2.29. The lowest BCUT2D eigenvalue weighted by Gasteiger charge is -2.33. The van der Waals surface area contributed by atoms with Crippen LogP contribution in [-0.4, -0.2) is 6.04 Å². The van der Waals surface area contributed by atoms with Crippen molar-refractivity contribution < 1.29 is 4.39 Å². The van der Waals surface area contributed by atoms with E-state index in [1.165, 1.54) is 5.56 Å². The minimum atomic E-state index is -1.19. The lowest BCUT2D eigenvalue weighted by atomic mass is 9.79. The zero-order chi connectivity index (χ0) is 11.6. The Labute approximate surface area is 96.9 Å². The summed E-state index contributed by atoms with van der Waals surface area (Å²) in [7, 11) is 0. The molecule has 1 saturated carbocycles. The van der Waals surface area contributed by atoms with E-state index in [0.29, 0.717) is 12.8 Å². The van der Waals surface area contributed by atoms with Gasteiger partial charge < -0.3 is 5.73 Å². The normalized spacial score (nSPS) is 30.3. The number of alkyl halides is 1. The van der Waals surface area contributed by atoms with Crippen molar-refractivity contribution in [1.82, 2.24) is 0 Å². The Kier molecular flexibility index (Phi) is 3.29. The fourth-order valence-corrected chi connectivity index (χ4v) is 2.57. The van der Waals surface area contributed by atoms with Crippen LogP contribution in [0, 0.1) is 0 Å². The molecule has 1 aromatic carbocycles. The average molecular weight is 221 g/mol. The van der Waals surface area contributed by atoms with Crippen molar-refractivity contribution in [3.05, 3.63) is 35.4 Å². The summed E-state index contributed by atoms with van der Waals surface area (Å²) in [4.78, 5) is 0. The van der Waals surface area contributed by atoms with Crippen molar-refractivity contribution in [3.8, 4) is 0 Å². The van der Waals surface area contributed by atoms with Gasteiger partial charge in [-0.15, -0.1) is 0 Å². The minimum Gasteiger partial charge on any atom is -0.328 e. The molecule has 1 aromatic rings. The number of aryl methyl sites for hydroxylation is 1. The molecular weight excluding hydrogens is 201 g/mol. The van der Waals surface area contributed by atoms with Gasteiger partial charge in [0.1, 0.15) is 5.67 Å². The van der Waals surface area contributed by atoms with E-state index in [0.717, 1.165) is 24.8 Å². The first-order valence-corrected chi connectivity index (χ1v) is 6.18. The van der Waals surface area contributed by atoms with Crippen LogP contribution >= 0.6 is 0 Å². The maximum Gasteiger partial charge on any atom is 0.137 e. The van der Waals surface area contributed by atoms with E-state index >= 15 is 0 Å². The molecule has 0 aromatic heterocycles. The molecule has 1 aliphatic carbocycles. The van der Waals surface area contributed by atoms with E-state index in [4.69, 9.17) is 5.73 Å². The van der Waals surface area contributed by atoms with Gasteiger partial charge >= 0.3 is 0 Å². The molecular formula is C14H20FN. The number of hydrogen-bond donors (Lipinski definition) is 1. The van der Waals surface area contributed by atoms with E-state index < -0.39 is 5.67 Å². The Morgan fingerprint density at radius 2 is 2.06 bits per heavy atom. The van der Waals surface area contributed by atoms with Crippen LogP contribution in [0.5, 0.6) is 0 Å². The Morgan fingerprint density at radius 1 is 1.38 bits per heavy atom. The van der Waals surface area contributed by atoms with Crippen molar-refractivity contribution in [2.75, 3.05) is 0 Å². The number of nitrogens with two attached hydrogens (primary N) is 1. The van der Waals surface area contributed by atoms with E-state index in [2.05, 4.69) is 6.92 Å². The quantitative estimate of drug-likeness (QED) is 0.814. The van der Waals surface area contributed by atoms with Gasteiger partial charge in [-0.1, -0.05) is 31.2 Å². The Hall–Kier alpha value is -0.890. The molecule has 0 radical (unpaired) electrons.